The van der Waals surface area contributed by atoms with E-state index in [0.717, 1.165) is 24.5 Å². The number of likely N-dealkylation sites (tertiary alicyclic amines) is 2. The lowest BCUT2D eigenvalue weighted by molar-refractivity contribution is 0.187. The van der Waals surface area contributed by atoms with Crippen molar-refractivity contribution in [2.45, 2.75) is 64.0 Å². The van der Waals surface area contributed by atoms with Crippen molar-refractivity contribution in [2.75, 3.05) is 46.3 Å². The highest BCUT2D eigenvalue weighted by Crippen LogP contribution is 2.29. The Balaban J connectivity index is 0.00000225. The average Bonchev–Trinajstić information content (AvgIpc) is 3.47. The number of hydrogen-bond donors (Lipinski definition) is 2. The van der Waals surface area contributed by atoms with E-state index in [1.807, 2.05) is 7.05 Å². The lowest BCUT2D eigenvalue weighted by atomic mass is 9.93. The third-order valence-corrected chi connectivity index (χ3v) is 6.16. The molecule has 0 amide bonds. The Hall–Kier alpha value is -0.0800. The summed E-state index contributed by atoms with van der Waals surface area (Å²) in [5.74, 6) is 1.89. The van der Waals surface area contributed by atoms with Crippen LogP contribution in [0.15, 0.2) is 4.99 Å². The molecule has 5 nitrogen and oxygen atoms in total. The second-order valence-electron chi connectivity index (χ2n) is 7.85. The Bertz CT molecular complexity index is 397. The zero-order valence-corrected chi connectivity index (χ0v) is 18.5. The van der Waals surface area contributed by atoms with E-state index < -0.39 is 0 Å². The molecule has 25 heavy (non-hydrogen) atoms. The summed E-state index contributed by atoms with van der Waals surface area (Å²) in [6, 6.07) is 1.52. The number of rotatable bonds is 6. The van der Waals surface area contributed by atoms with Crippen LogP contribution < -0.4 is 10.6 Å². The molecule has 0 atom stereocenters. The molecule has 0 radical (unpaired) electrons. The van der Waals surface area contributed by atoms with Crippen LogP contribution in [0.5, 0.6) is 0 Å². The normalized spacial score (nSPS) is 24.8. The first kappa shape index (κ1) is 21.2. The van der Waals surface area contributed by atoms with E-state index in [4.69, 9.17) is 0 Å². The fraction of sp³-hybridized carbons (Fsp3) is 0.947. The molecule has 0 aromatic carbocycles. The van der Waals surface area contributed by atoms with Gasteiger partial charge in [0.1, 0.15) is 0 Å². The van der Waals surface area contributed by atoms with E-state index in [-0.39, 0.29) is 24.0 Å². The first-order valence-corrected chi connectivity index (χ1v) is 10.2. The number of aliphatic imine (C=N–C) groups is 1. The van der Waals surface area contributed by atoms with Crippen LogP contribution in [0.2, 0.25) is 0 Å². The van der Waals surface area contributed by atoms with Crippen LogP contribution in [0.1, 0.15) is 51.9 Å². The minimum absolute atomic E-state index is 0. The van der Waals surface area contributed by atoms with Gasteiger partial charge in [-0.15, -0.1) is 24.0 Å². The molecule has 6 heteroatoms. The molecule has 0 spiro atoms. The van der Waals surface area contributed by atoms with Gasteiger partial charge in [0.2, 0.25) is 0 Å². The number of nitrogens with zero attached hydrogens (tertiary/aromatic N) is 3. The van der Waals surface area contributed by atoms with Crippen molar-refractivity contribution in [3.63, 3.8) is 0 Å². The quantitative estimate of drug-likeness (QED) is 0.361. The van der Waals surface area contributed by atoms with Gasteiger partial charge < -0.3 is 20.4 Å². The summed E-state index contributed by atoms with van der Waals surface area (Å²) < 4.78 is 0. The second kappa shape index (κ2) is 10.9. The molecule has 2 N–H and O–H groups in total. The van der Waals surface area contributed by atoms with Crippen molar-refractivity contribution in [2.24, 2.45) is 10.9 Å². The topological polar surface area (TPSA) is 42.9 Å². The van der Waals surface area contributed by atoms with Gasteiger partial charge in [-0.25, -0.2) is 0 Å². The fourth-order valence-electron chi connectivity index (χ4n) is 4.22. The standard InChI is InChI=1S/C19H37N5.HI/c1-3-23-12-7-16(8-13-23)6-11-21-19(20-2)22-17-9-14-24(15-10-17)18-4-5-18;/h16-18H,3-15H2,1-2H3,(H2,20,21,22);1H. The van der Waals surface area contributed by atoms with E-state index in [0.29, 0.717) is 6.04 Å². The molecule has 0 unspecified atom stereocenters. The van der Waals surface area contributed by atoms with Gasteiger partial charge in [-0.05, 0) is 70.5 Å². The van der Waals surface area contributed by atoms with Crippen LogP contribution in [0, 0.1) is 5.92 Å². The van der Waals surface area contributed by atoms with Gasteiger partial charge >= 0.3 is 0 Å². The highest BCUT2D eigenvalue weighted by Gasteiger charge is 2.31. The van der Waals surface area contributed by atoms with Crippen molar-refractivity contribution in [1.82, 2.24) is 20.4 Å². The predicted molar refractivity (Wildman–Crippen MR) is 117 cm³/mol. The van der Waals surface area contributed by atoms with Crippen molar-refractivity contribution in [1.29, 1.82) is 0 Å². The van der Waals surface area contributed by atoms with Crippen molar-refractivity contribution >= 4 is 29.9 Å². The summed E-state index contributed by atoms with van der Waals surface area (Å²) in [7, 11) is 1.90. The minimum Gasteiger partial charge on any atom is -0.356 e. The molecular formula is C19H38IN5. The first-order valence-electron chi connectivity index (χ1n) is 10.2. The van der Waals surface area contributed by atoms with Gasteiger partial charge in [0.05, 0.1) is 0 Å². The molecule has 3 rings (SSSR count). The minimum atomic E-state index is 0. The molecular weight excluding hydrogens is 425 g/mol. The number of nitrogens with one attached hydrogen (secondary N) is 2. The monoisotopic (exact) mass is 463 g/mol. The van der Waals surface area contributed by atoms with E-state index in [2.05, 4.69) is 32.3 Å². The lowest BCUT2D eigenvalue weighted by Crippen LogP contribution is -2.49. The highest BCUT2D eigenvalue weighted by molar-refractivity contribution is 14.0. The van der Waals surface area contributed by atoms with Crippen LogP contribution in [0.25, 0.3) is 0 Å². The Morgan fingerprint density at radius 3 is 2.24 bits per heavy atom. The van der Waals surface area contributed by atoms with E-state index >= 15 is 0 Å². The van der Waals surface area contributed by atoms with Crippen LogP contribution in [-0.2, 0) is 0 Å². The van der Waals surface area contributed by atoms with Gasteiger partial charge in [-0.2, -0.15) is 0 Å². The molecule has 2 saturated heterocycles. The van der Waals surface area contributed by atoms with Crippen molar-refractivity contribution in [3.05, 3.63) is 0 Å². The van der Waals surface area contributed by atoms with Crippen LogP contribution in [0.4, 0.5) is 0 Å². The Morgan fingerprint density at radius 1 is 1.00 bits per heavy atom. The van der Waals surface area contributed by atoms with Gasteiger partial charge in [-0.1, -0.05) is 6.92 Å². The molecule has 2 heterocycles. The maximum absolute atomic E-state index is 4.43. The van der Waals surface area contributed by atoms with Gasteiger partial charge in [0, 0.05) is 38.8 Å². The van der Waals surface area contributed by atoms with E-state index in [1.54, 1.807) is 0 Å². The van der Waals surface area contributed by atoms with Gasteiger partial charge in [0.25, 0.3) is 0 Å². The Kier molecular flexibility index (Phi) is 9.27. The first-order chi connectivity index (χ1) is 11.8. The average molecular weight is 463 g/mol. The van der Waals surface area contributed by atoms with E-state index in [1.165, 1.54) is 77.7 Å². The third-order valence-electron chi connectivity index (χ3n) is 6.16. The maximum atomic E-state index is 4.43. The Labute approximate surface area is 171 Å². The number of hydrogen-bond acceptors (Lipinski definition) is 3. The SMILES string of the molecule is CCN1CCC(CCNC(=NC)NC2CCN(C3CC3)CC2)CC1.I. The molecule has 0 aromatic rings. The zero-order chi connectivity index (χ0) is 16.8. The molecule has 146 valence electrons. The van der Waals surface area contributed by atoms with Gasteiger partial charge in [0.15, 0.2) is 5.96 Å². The van der Waals surface area contributed by atoms with Crippen LogP contribution in [0.3, 0.4) is 0 Å². The van der Waals surface area contributed by atoms with Crippen molar-refractivity contribution in [3.8, 4) is 0 Å². The maximum Gasteiger partial charge on any atom is 0.191 e. The number of guanidine groups is 1. The number of piperidine rings is 2. The lowest BCUT2D eigenvalue weighted by Gasteiger charge is -2.33. The summed E-state index contributed by atoms with van der Waals surface area (Å²) in [5.41, 5.74) is 0. The summed E-state index contributed by atoms with van der Waals surface area (Å²) in [4.78, 5) is 9.67. The molecule has 0 aromatic heterocycles. The second-order valence-corrected chi connectivity index (χ2v) is 7.85. The van der Waals surface area contributed by atoms with Gasteiger partial charge in [-0.3, -0.25) is 4.99 Å². The summed E-state index contributed by atoms with van der Waals surface area (Å²) in [5, 5.41) is 7.19. The largest absolute Gasteiger partial charge is 0.356 e. The molecule has 2 aliphatic heterocycles. The predicted octanol–water partition coefficient (Wildman–Crippen LogP) is 2.52. The molecule has 1 saturated carbocycles. The molecule has 0 bridgehead atoms. The number of halogens is 1. The third kappa shape index (κ3) is 6.86. The summed E-state index contributed by atoms with van der Waals surface area (Å²) >= 11 is 0. The fourth-order valence-corrected chi connectivity index (χ4v) is 4.22. The smallest absolute Gasteiger partial charge is 0.191 e. The van der Waals surface area contributed by atoms with Crippen molar-refractivity contribution < 1.29 is 0 Å². The van der Waals surface area contributed by atoms with E-state index in [9.17, 15) is 0 Å². The molecule has 3 aliphatic rings. The molecule has 1 aliphatic carbocycles. The highest BCUT2D eigenvalue weighted by atomic mass is 127. The van der Waals surface area contributed by atoms with Crippen LogP contribution in [-0.4, -0.2) is 74.2 Å². The summed E-state index contributed by atoms with van der Waals surface area (Å²) in [6.45, 7) is 9.62. The summed E-state index contributed by atoms with van der Waals surface area (Å²) in [6.07, 6.45) is 9.37. The zero-order valence-electron chi connectivity index (χ0n) is 16.2. The van der Waals surface area contributed by atoms with Crippen LogP contribution >= 0.6 is 24.0 Å². The Morgan fingerprint density at radius 2 is 1.68 bits per heavy atom. The molecule has 3 fully saturated rings.